The van der Waals surface area contributed by atoms with Crippen molar-refractivity contribution >= 4 is 15.9 Å². The van der Waals surface area contributed by atoms with Gasteiger partial charge in [0.2, 0.25) is 0 Å². The number of phenolic OH excluding ortho intramolecular Hbond substituents is 1. The normalized spacial score (nSPS) is 21.9. The number of benzene rings is 1. The summed E-state index contributed by atoms with van der Waals surface area (Å²) in [6.07, 6.45) is 3.55. The topological polar surface area (TPSA) is 35.5 Å². The maximum atomic E-state index is 13.9. The van der Waals surface area contributed by atoms with Crippen LogP contribution in [0.4, 0.5) is 4.39 Å². The van der Waals surface area contributed by atoms with Gasteiger partial charge in [0.1, 0.15) is 0 Å². The molecule has 1 aromatic rings. The van der Waals surface area contributed by atoms with E-state index in [0.717, 1.165) is 44.1 Å². The van der Waals surface area contributed by atoms with Crippen LogP contribution in [0.25, 0.3) is 0 Å². The summed E-state index contributed by atoms with van der Waals surface area (Å²) in [6.45, 7) is 3.82. The average Bonchev–Trinajstić information content (AvgIpc) is 3.28. The third-order valence-electron chi connectivity index (χ3n) is 4.31. The van der Waals surface area contributed by atoms with Gasteiger partial charge in [-0.3, -0.25) is 4.90 Å². The molecule has 0 bridgehead atoms. The lowest BCUT2D eigenvalue weighted by Gasteiger charge is -2.35. The van der Waals surface area contributed by atoms with Gasteiger partial charge in [-0.15, -0.1) is 0 Å². The second-order valence-corrected chi connectivity index (χ2v) is 6.63. The number of nitrogens with zero attached hydrogens (tertiary/aromatic N) is 1. The molecular weight excluding hydrogens is 323 g/mol. The quantitative estimate of drug-likeness (QED) is 0.882. The molecule has 0 radical (unpaired) electrons. The summed E-state index contributed by atoms with van der Waals surface area (Å²) >= 11 is 3.13. The molecular formula is C15H20BrFN2O. The number of hydrogen-bond donors (Lipinski definition) is 2. The molecule has 2 aliphatic rings. The van der Waals surface area contributed by atoms with Crippen LogP contribution in [-0.4, -0.2) is 36.2 Å². The van der Waals surface area contributed by atoms with Crippen molar-refractivity contribution in [3.63, 3.8) is 0 Å². The summed E-state index contributed by atoms with van der Waals surface area (Å²) in [7, 11) is 0. The Bertz CT molecular complexity index is 487. The van der Waals surface area contributed by atoms with E-state index in [1.54, 1.807) is 6.07 Å². The van der Waals surface area contributed by atoms with Gasteiger partial charge in [-0.05, 0) is 34.3 Å². The van der Waals surface area contributed by atoms with Gasteiger partial charge in [0, 0.05) is 37.8 Å². The molecule has 1 aliphatic heterocycles. The minimum absolute atomic E-state index is 0.132. The number of aromatic hydroxyl groups is 1. The summed E-state index contributed by atoms with van der Waals surface area (Å²) in [5.74, 6) is 0.00276. The van der Waals surface area contributed by atoms with Gasteiger partial charge in [-0.2, -0.15) is 0 Å². The van der Waals surface area contributed by atoms with E-state index in [2.05, 4.69) is 26.1 Å². The van der Waals surface area contributed by atoms with Crippen LogP contribution in [0, 0.1) is 11.7 Å². The Morgan fingerprint density at radius 2 is 2.05 bits per heavy atom. The molecule has 1 saturated heterocycles. The first-order valence-electron chi connectivity index (χ1n) is 7.28. The molecule has 3 rings (SSSR count). The van der Waals surface area contributed by atoms with Crippen molar-refractivity contribution in [2.75, 3.05) is 26.2 Å². The molecule has 1 heterocycles. The van der Waals surface area contributed by atoms with Gasteiger partial charge in [-0.25, -0.2) is 4.39 Å². The second-order valence-electron chi connectivity index (χ2n) is 5.78. The molecule has 2 N–H and O–H groups in total. The molecule has 1 saturated carbocycles. The van der Waals surface area contributed by atoms with Crippen molar-refractivity contribution in [2.45, 2.75) is 25.3 Å². The van der Waals surface area contributed by atoms with Crippen LogP contribution >= 0.6 is 15.9 Å². The molecule has 5 heteroatoms. The van der Waals surface area contributed by atoms with E-state index in [1.165, 1.54) is 12.8 Å². The first-order valence-corrected chi connectivity index (χ1v) is 8.07. The Balaban J connectivity index is 1.89. The predicted octanol–water partition coefficient (Wildman–Crippen LogP) is 3.04. The van der Waals surface area contributed by atoms with Crippen LogP contribution < -0.4 is 5.32 Å². The lowest BCUT2D eigenvalue weighted by Crippen LogP contribution is -2.45. The SMILES string of the molecule is Oc1c([C@H](CC2CC2)N2CCNCC2)ccc(Br)c1F. The van der Waals surface area contributed by atoms with E-state index in [9.17, 15) is 9.50 Å². The van der Waals surface area contributed by atoms with Crippen molar-refractivity contribution in [2.24, 2.45) is 5.92 Å². The highest BCUT2D eigenvalue weighted by Gasteiger charge is 2.32. The number of rotatable bonds is 4. The Morgan fingerprint density at radius 3 is 2.70 bits per heavy atom. The van der Waals surface area contributed by atoms with Crippen molar-refractivity contribution < 1.29 is 9.50 Å². The van der Waals surface area contributed by atoms with Gasteiger partial charge in [0.25, 0.3) is 0 Å². The summed E-state index contributed by atoms with van der Waals surface area (Å²) < 4.78 is 14.3. The standard InChI is InChI=1S/C15H20BrFN2O/c16-12-4-3-11(15(20)14(12)17)13(9-10-1-2-10)19-7-5-18-6-8-19/h3-4,10,13,18,20H,1-2,5-9H2/t13-/m0/s1. The minimum Gasteiger partial charge on any atom is -0.505 e. The van der Waals surface area contributed by atoms with Gasteiger partial charge >= 0.3 is 0 Å². The first-order chi connectivity index (χ1) is 9.66. The fourth-order valence-electron chi connectivity index (χ4n) is 2.96. The van der Waals surface area contributed by atoms with Crippen molar-refractivity contribution in [1.82, 2.24) is 10.2 Å². The number of phenols is 1. The van der Waals surface area contributed by atoms with Crippen molar-refractivity contribution in [3.8, 4) is 5.75 Å². The van der Waals surface area contributed by atoms with Crippen LogP contribution in [0.2, 0.25) is 0 Å². The molecule has 0 aromatic heterocycles. The molecule has 1 aromatic carbocycles. The second kappa shape index (κ2) is 6.00. The van der Waals surface area contributed by atoms with E-state index in [-0.39, 0.29) is 11.8 Å². The molecule has 3 nitrogen and oxygen atoms in total. The zero-order valence-electron chi connectivity index (χ0n) is 11.4. The fourth-order valence-corrected chi connectivity index (χ4v) is 3.28. The number of halogens is 2. The molecule has 20 heavy (non-hydrogen) atoms. The van der Waals surface area contributed by atoms with Crippen LogP contribution in [-0.2, 0) is 0 Å². The highest BCUT2D eigenvalue weighted by molar-refractivity contribution is 9.10. The molecule has 2 fully saturated rings. The maximum Gasteiger partial charge on any atom is 0.179 e. The van der Waals surface area contributed by atoms with Crippen molar-refractivity contribution in [3.05, 3.63) is 28.0 Å². The summed E-state index contributed by atoms with van der Waals surface area (Å²) in [5.41, 5.74) is 0.736. The Hall–Kier alpha value is -0.650. The largest absolute Gasteiger partial charge is 0.505 e. The van der Waals surface area contributed by atoms with Gasteiger partial charge in [0.05, 0.1) is 4.47 Å². The predicted molar refractivity (Wildman–Crippen MR) is 80.3 cm³/mol. The Kier molecular flexibility index (Phi) is 4.29. The van der Waals surface area contributed by atoms with E-state index in [0.29, 0.717) is 4.47 Å². The van der Waals surface area contributed by atoms with Gasteiger partial charge in [-0.1, -0.05) is 18.9 Å². The van der Waals surface area contributed by atoms with Crippen LogP contribution in [0.1, 0.15) is 30.9 Å². The molecule has 0 spiro atoms. The van der Waals surface area contributed by atoms with E-state index in [4.69, 9.17) is 0 Å². The fraction of sp³-hybridized carbons (Fsp3) is 0.600. The zero-order chi connectivity index (χ0) is 14.1. The van der Waals surface area contributed by atoms with Gasteiger partial charge < -0.3 is 10.4 Å². The Labute approximate surface area is 127 Å². The van der Waals surface area contributed by atoms with Crippen LogP contribution in [0.15, 0.2) is 16.6 Å². The smallest absolute Gasteiger partial charge is 0.179 e. The third kappa shape index (κ3) is 3.00. The monoisotopic (exact) mass is 342 g/mol. The minimum atomic E-state index is -0.543. The molecule has 1 atom stereocenters. The summed E-state index contributed by atoms with van der Waals surface area (Å²) in [5, 5.41) is 13.5. The lowest BCUT2D eigenvalue weighted by molar-refractivity contribution is 0.157. The van der Waals surface area contributed by atoms with Crippen LogP contribution in [0.5, 0.6) is 5.75 Å². The zero-order valence-corrected chi connectivity index (χ0v) is 13.0. The molecule has 0 unspecified atom stereocenters. The third-order valence-corrected chi connectivity index (χ3v) is 4.92. The number of nitrogens with one attached hydrogen (secondary N) is 1. The Morgan fingerprint density at radius 1 is 1.35 bits per heavy atom. The van der Waals surface area contributed by atoms with Crippen LogP contribution in [0.3, 0.4) is 0 Å². The van der Waals surface area contributed by atoms with E-state index >= 15 is 0 Å². The molecule has 1 aliphatic carbocycles. The highest BCUT2D eigenvalue weighted by Crippen LogP contribution is 2.43. The molecule has 110 valence electrons. The summed E-state index contributed by atoms with van der Waals surface area (Å²) in [4.78, 5) is 2.37. The van der Waals surface area contributed by atoms with E-state index in [1.807, 2.05) is 6.07 Å². The maximum absolute atomic E-state index is 13.9. The lowest BCUT2D eigenvalue weighted by atomic mass is 9.97. The number of piperazine rings is 1. The molecule has 0 amide bonds. The van der Waals surface area contributed by atoms with E-state index < -0.39 is 5.82 Å². The summed E-state index contributed by atoms with van der Waals surface area (Å²) in [6, 6.07) is 3.69. The van der Waals surface area contributed by atoms with Gasteiger partial charge in [0.15, 0.2) is 11.6 Å². The highest BCUT2D eigenvalue weighted by atomic mass is 79.9. The van der Waals surface area contributed by atoms with Crippen molar-refractivity contribution in [1.29, 1.82) is 0 Å². The average molecular weight is 343 g/mol. The number of hydrogen-bond acceptors (Lipinski definition) is 3. The first kappa shape index (κ1) is 14.3.